The molecule has 0 spiro atoms. The molecule has 7 nitrogen and oxygen atoms in total. The Hall–Kier alpha value is -3.00. The summed E-state index contributed by atoms with van der Waals surface area (Å²) >= 11 is 18.1. The van der Waals surface area contributed by atoms with Crippen molar-refractivity contribution in [3.63, 3.8) is 0 Å². The molecule has 0 saturated carbocycles. The molecule has 0 radical (unpaired) electrons. The highest BCUT2D eigenvalue weighted by molar-refractivity contribution is 6.42. The number of nitrogens with zero attached hydrogens (tertiary/aromatic N) is 3. The fourth-order valence-corrected chi connectivity index (χ4v) is 3.32. The van der Waals surface area contributed by atoms with Crippen molar-refractivity contribution in [2.24, 2.45) is 0 Å². The molecule has 0 aliphatic rings. The monoisotopic (exact) mass is 477 g/mol. The maximum atomic E-state index is 13.0. The number of hydrogen-bond acceptors (Lipinski definition) is 5. The van der Waals surface area contributed by atoms with E-state index in [9.17, 15) is 19.5 Å². The molecule has 0 saturated heterocycles. The van der Waals surface area contributed by atoms with Gasteiger partial charge in [0.05, 0.1) is 33.6 Å². The first-order valence-corrected chi connectivity index (χ1v) is 9.97. The molecule has 2 aromatic carbocycles. The van der Waals surface area contributed by atoms with Gasteiger partial charge in [0.2, 0.25) is 11.7 Å². The Morgan fingerprint density at radius 3 is 2.23 bits per heavy atom. The van der Waals surface area contributed by atoms with E-state index < -0.39 is 24.1 Å². The molecule has 158 valence electrons. The van der Waals surface area contributed by atoms with Crippen LogP contribution in [0.4, 0.5) is 5.69 Å². The minimum atomic E-state index is -1.20. The number of Topliss-reactive ketones (excluding diaryl/α,β-unsaturated/α-hetero) is 1. The zero-order chi connectivity index (χ0) is 22.5. The van der Waals surface area contributed by atoms with E-state index in [1.165, 1.54) is 35.5 Å². The third-order valence-corrected chi connectivity index (χ3v) is 5.30. The number of aromatic carboxylic acids is 1. The van der Waals surface area contributed by atoms with E-state index in [-0.39, 0.29) is 23.0 Å². The predicted molar refractivity (Wildman–Crippen MR) is 117 cm³/mol. The number of rotatable bonds is 7. The molecule has 1 aromatic heterocycles. The van der Waals surface area contributed by atoms with Gasteiger partial charge in [-0.3, -0.25) is 9.59 Å². The molecular formula is C21H14Cl3N3O4. The molecule has 0 fully saturated rings. The molecule has 0 bridgehead atoms. The molecule has 0 unspecified atom stereocenters. The summed E-state index contributed by atoms with van der Waals surface area (Å²) in [5.41, 5.74) is 0.846. The second kappa shape index (κ2) is 9.87. The fraction of sp³-hybridized carbons (Fsp3) is 0.0952. The van der Waals surface area contributed by atoms with Crippen molar-refractivity contribution in [2.45, 2.75) is 13.0 Å². The number of benzene rings is 2. The molecule has 3 rings (SSSR count). The summed E-state index contributed by atoms with van der Waals surface area (Å²) in [4.78, 5) is 45.8. The van der Waals surface area contributed by atoms with Crippen LogP contribution in [0.1, 0.15) is 33.0 Å². The predicted octanol–water partition coefficient (Wildman–Crippen LogP) is 4.94. The van der Waals surface area contributed by atoms with E-state index >= 15 is 0 Å². The van der Waals surface area contributed by atoms with Crippen LogP contribution in [0.5, 0.6) is 0 Å². The molecule has 3 aromatic rings. The van der Waals surface area contributed by atoms with E-state index in [1.807, 2.05) is 0 Å². The summed E-state index contributed by atoms with van der Waals surface area (Å²) in [5, 5.41) is 9.80. The Bertz CT molecular complexity index is 1160. The average molecular weight is 479 g/mol. The Kier molecular flexibility index (Phi) is 7.22. The molecule has 1 N–H and O–H groups in total. The van der Waals surface area contributed by atoms with Crippen LogP contribution in [0, 0.1) is 0 Å². The summed E-state index contributed by atoms with van der Waals surface area (Å²) in [5.74, 6) is -2.39. The Balaban J connectivity index is 1.94. The smallest absolute Gasteiger partial charge is 0.337 e. The van der Waals surface area contributed by atoms with Crippen LogP contribution in [-0.2, 0) is 11.3 Å². The van der Waals surface area contributed by atoms with Crippen LogP contribution >= 0.6 is 34.8 Å². The van der Waals surface area contributed by atoms with E-state index in [0.717, 1.165) is 0 Å². The van der Waals surface area contributed by atoms with Crippen molar-refractivity contribution in [3.8, 4) is 0 Å². The van der Waals surface area contributed by atoms with Gasteiger partial charge in [-0.15, -0.1) is 0 Å². The van der Waals surface area contributed by atoms with E-state index in [0.29, 0.717) is 21.3 Å². The van der Waals surface area contributed by atoms with Crippen molar-refractivity contribution in [2.75, 3.05) is 4.90 Å². The van der Waals surface area contributed by atoms with Crippen molar-refractivity contribution < 1.29 is 19.5 Å². The topological polar surface area (TPSA) is 100 Å². The zero-order valence-electron chi connectivity index (χ0n) is 15.8. The second-order valence-corrected chi connectivity index (χ2v) is 7.59. The van der Waals surface area contributed by atoms with Crippen LogP contribution in [-0.4, -0.2) is 32.7 Å². The summed E-state index contributed by atoms with van der Waals surface area (Å²) < 4.78 is 0. The first-order chi connectivity index (χ1) is 14.8. The minimum Gasteiger partial charge on any atom is -0.478 e. The summed E-state index contributed by atoms with van der Waals surface area (Å²) in [6.45, 7) is 0.0431. The van der Waals surface area contributed by atoms with Crippen LogP contribution < -0.4 is 4.90 Å². The number of anilines is 1. The van der Waals surface area contributed by atoms with E-state index in [1.54, 1.807) is 24.3 Å². The van der Waals surface area contributed by atoms with Gasteiger partial charge >= 0.3 is 5.97 Å². The van der Waals surface area contributed by atoms with Gasteiger partial charge in [0.15, 0.2) is 5.82 Å². The Labute approximate surface area is 192 Å². The lowest BCUT2D eigenvalue weighted by Crippen LogP contribution is -2.32. The lowest BCUT2D eigenvalue weighted by atomic mass is 10.1. The standard InChI is InChI=1S/C21H14Cl3N3O4/c22-15-5-2-12(8-17(15)24)11-27(13-3-4-14(21(30)31)16(23)9-13)19(29)10-18(28)20-25-6-1-7-26-20/h1-9H,10-11H2,(H,30,31). The summed E-state index contributed by atoms with van der Waals surface area (Å²) in [6.07, 6.45) is 2.31. The SMILES string of the molecule is O=C(CC(=O)N(Cc1ccc(Cl)c(Cl)c1)c1ccc(C(=O)O)c(Cl)c1)c1ncccn1. The number of carbonyl (C=O) groups excluding carboxylic acids is 2. The number of halogens is 3. The average Bonchev–Trinajstić information content (AvgIpc) is 2.74. The van der Waals surface area contributed by atoms with Gasteiger partial charge in [0.1, 0.15) is 0 Å². The highest BCUT2D eigenvalue weighted by Crippen LogP contribution is 2.28. The first-order valence-electron chi connectivity index (χ1n) is 8.83. The number of carboxylic acids is 1. The highest BCUT2D eigenvalue weighted by atomic mass is 35.5. The van der Waals surface area contributed by atoms with Gasteiger partial charge in [0, 0.05) is 18.1 Å². The molecule has 1 amide bonds. The number of carbonyl (C=O) groups is 3. The molecule has 0 aliphatic carbocycles. The zero-order valence-corrected chi connectivity index (χ0v) is 18.0. The lowest BCUT2D eigenvalue weighted by molar-refractivity contribution is -0.117. The van der Waals surface area contributed by atoms with Gasteiger partial charge < -0.3 is 10.0 Å². The van der Waals surface area contributed by atoms with Crippen LogP contribution in [0.2, 0.25) is 15.1 Å². The van der Waals surface area contributed by atoms with Crippen LogP contribution in [0.3, 0.4) is 0 Å². The molecular weight excluding hydrogens is 465 g/mol. The fourth-order valence-electron chi connectivity index (χ4n) is 2.74. The van der Waals surface area contributed by atoms with Gasteiger partial charge in [0.25, 0.3) is 0 Å². The normalized spacial score (nSPS) is 10.5. The van der Waals surface area contributed by atoms with Crippen LogP contribution in [0.15, 0.2) is 54.9 Å². The highest BCUT2D eigenvalue weighted by Gasteiger charge is 2.23. The Morgan fingerprint density at radius 1 is 0.903 bits per heavy atom. The molecule has 31 heavy (non-hydrogen) atoms. The third kappa shape index (κ3) is 5.58. The van der Waals surface area contributed by atoms with Crippen molar-refractivity contribution in [3.05, 3.63) is 86.9 Å². The molecule has 10 heteroatoms. The lowest BCUT2D eigenvalue weighted by Gasteiger charge is -2.23. The quantitative estimate of drug-likeness (QED) is 0.381. The maximum absolute atomic E-state index is 13.0. The van der Waals surface area contributed by atoms with Gasteiger partial charge in [-0.05, 0) is 42.0 Å². The van der Waals surface area contributed by atoms with Crippen molar-refractivity contribution >= 4 is 58.1 Å². The first kappa shape index (κ1) is 22.7. The molecule has 0 aliphatic heterocycles. The number of carboxylic acid groups (broad SMARTS) is 1. The minimum absolute atomic E-state index is 0.0431. The molecule has 1 heterocycles. The van der Waals surface area contributed by atoms with Gasteiger partial charge in [-0.25, -0.2) is 14.8 Å². The second-order valence-electron chi connectivity index (χ2n) is 6.37. The Morgan fingerprint density at radius 2 is 1.61 bits per heavy atom. The number of amides is 1. The third-order valence-electron chi connectivity index (χ3n) is 4.25. The number of hydrogen-bond donors (Lipinski definition) is 1. The summed E-state index contributed by atoms with van der Waals surface area (Å²) in [7, 11) is 0. The molecule has 0 atom stereocenters. The number of ketones is 1. The van der Waals surface area contributed by atoms with Gasteiger partial charge in [-0.1, -0.05) is 40.9 Å². The number of aromatic nitrogens is 2. The van der Waals surface area contributed by atoms with Crippen LogP contribution in [0.25, 0.3) is 0 Å². The van der Waals surface area contributed by atoms with E-state index in [2.05, 4.69) is 9.97 Å². The van der Waals surface area contributed by atoms with Crippen molar-refractivity contribution in [1.82, 2.24) is 9.97 Å². The maximum Gasteiger partial charge on any atom is 0.337 e. The van der Waals surface area contributed by atoms with E-state index in [4.69, 9.17) is 34.8 Å². The largest absolute Gasteiger partial charge is 0.478 e. The van der Waals surface area contributed by atoms with Gasteiger partial charge in [-0.2, -0.15) is 0 Å². The summed E-state index contributed by atoms with van der Waals surface area (Å²) in [6, 6.07) is 10.5. The van der Waals surface area contributed by atoms with Crippen molar-refractivity contribution in [1.29, 1.82) is 0 Å².